The van der Waals surface area contributed by atoms with Crippen LogP contribution in [-0.4, -0.2) is 24.2 Å². The second-order valence-corrected chi connectivity index (χ2v) is 3.84. The van der Waals surface area contributed by atoms with Gasteiger partial charge in [0.15, 0.2) is 11.6 Å². The predicted molar refractivity (Wildman–Crippen MR) is 73.3 cm³/mol. The lowest BCUT2D eigenvalue weighted by Crippen LogP contribution is -2.06. The van der Waals surface area contributed by atoms with Crippen LogP contribution in [-0.2, 0) is 6.54 Å². The molecule has 0 radical (unpaired) electrons. The molecule has 1 aromatic carbocycles. The van der Waals surface area contributed by atoms with Crippen molar-refractivity contribution in [1.29, 1.82) is 0 Å². The van der Waals surface area contributed by atoms with Gasteiger partial charge < -0.3 is 20.5 Å². The zero-order valence-electron chi connectivity index (χ0n) is 10.9. The highest BCUT2D eigenvalue weighted by Crippen LogP contribution is 2.26. The number of hydrogen-bond acceptors (Lipinski definition) is 6. The molecule has 3 N–H and O–H groups in total. The fourth-order valence-electron chi connectivity index (χ4n) is 1.64. The molecule has 2 aromatic rings. The zero-order valence-corrected chi connectivity index (χ0v) is 10.9. The van der Waals surface area contributed by atoms with Crippen LogP contribution in [0.1, 0.15) is 5.56 Å². The molecule has 2 rings (SSSR count). The number of nitrogens with one attached hydrogen (secondary N) is 1. The van der Waals surface area contributed by atoms with E-state index in [0.717, 1.165) is 11.3 Å². The highest BCUT2D eigenvalue weighted by molar-refractivity contribution is 5.61. The Morgan fingerprint density at radius 1 is 1.11 bits per heavy atom. The Kier molecular flexibility index (Phi) is 4.02. The predicted octanol–water partition coefficient (Wildman–Crippen LogP) is 1.69. The van der Waals surface area contributed by atoms with Crippen LogP contribution in [0.4, 0.5) is 11.6 Å². The van der Waals surface area contributed by atoms with Gasteiger partial charge in [-0.1, -0.05) is 12.1 Å². The third-order valence-electron chi connectivity index (χ3n) is 2.65. The van der Waals surface area contributed by atoms with E-state index in [9.17, 15) is 0 Å². The van der Waals surface area contributed by atoms with Crippen LogP contribution in [0, 0.1) is 0 Å². The topological polar surface area (TPSA) is 82.3 Å². The van der Waals surface area contributed by atoms with Crippen molar-refractivity contribution in [2.75, 3.05) is 25.3 Å². The van der Waals surface area contributed by atoms with Crippen molar-refractivity contribution in [2.45, 2.75) is 6.54 Å². The zero-order chi connectivity index (χ0) is 13.7. The molecule has 0 amide bonds. The molecule has 0 saturated heterocycles. The number of ether oxygens (including phenoxy) is 2. The second-order valence-electron chi connectivity index (χ2n) is 3.84. The van der Waals surface area contributed by atoms with Crippen molar-refractivity contribution in [1.82, 2.24) is 9.97 Å². The van der Waals surface area contributed by atoms with Crippen LogP contribution in [0.15, 0.2) is 30.6 Å². The first-order valence-corrected chi connectivity index (χ1v) is 5.76. The molecule has 6 nitrogen and oxygen atoms in total. The molecule has 0 fully saturated rings. The van der Waals surface area contributed by atoms with Crippen LogP contribution in [0.25, 0.3) is 0 Å². The van der Waals surface area contributed by atoms with E-state index < -0.39 is 0 Å². The maximum Gasteiger partial charge on any atom is 0.203 e. The van der Waals surface area contributed by atoms with Crippen LogP contribution >= 0.6 is 0 Å². The van der Waals surface area contributed by atoms with Crippen molar-refractivity contribution in [3.8, 4) is 11.5 Å². The maximum atomic E-state index is 5.71. The van der Waals surface area contributed by atoms with E-state index in [-0.39, 0.29) is 0 Å². The molecule has 0 saturated carbocycles. The number of benzene rings is 1. The van der Waals surface area contributed by atoms with Gasteiger partial charge in [0, 0.05) is 6.54 Å². The number of nitrogen functional groups attached to an aromatic ring is 1. The van der Waals surface area contributed by atoms with Gasteiger partial charge in [-0.2, -0.15) is 0 Å². The average Bonchev–Trinajstić information content (AvgIpc) is 2.45. The van der Waals surface area contributed by atoms with Gasteiger partial charge in [0.2, 0.25) is 5.75 Å². The number of nitrogens with two attached hydrogens (primary N) is 1. The Balaban J connectivity index is 2.07. The molecule has 19 heavy (non-hydrogen) atoms. The number of hydrogen-bond donors (Lipinski definition) is 2. The van der Waals surface area contributed by atoms with Crippen LogP contribution in [0.3, 0.4) is 0 Å². The van der Waals surface area contributed by atoms with E-state index in [1.807, 2.05) is 24.3 Å². The molecule has 0 aliphatic rings. The van der Waals surface area contributed by atoms with E-state index in [2.05, 4.69) is 15.3 Å². The summed E-state index contributed by atoms with van der Waals surface area (Å²) in [5.41, 5.74) is 6.80. The fourth-order valence-corrected chi connectivity index (χ4v) is 1.64. The summed E-state index contributed by atoms with van der Waals surface area (Å²) in [6.45, 7) is 0.608. The van der Waals surface area contributed by atoms with E-state index in [1.165, 1.54) is 13.4 Å². The summed E-state index contributed by atoms with van der Waals surface area (Å²) in [7, 11) is 3.18. The normalized spacial score (nSPS) is 10.0. The summed E-state index contributed by atoms with van der Waals surface area (Å²) in [6, 6.07) is 7.76. The van der Waals surface area contributed by atoms with Crippen LogP contribution in [0.5, 0.6) is 11.5 Å². The summed E-state index contributed by atoms with van der Waals surface area (Å²) in [5, 5.41) is 3.16. The summed E-state index contributed by atoms with van der Waals surface area (Å²) in [6.07, 6.45) is 1.40. The molecular weight excluding hydrogens is 244 g/mol. The quantitative estimate of drug-likeness (QED) is 0.851. The molecule has 6 heteroatoms. The molecule has 0 spiro atoms. The Labute approximate surface area is 111 Å². The number of anilines is 2. The second kappa shape index (κ2) is 5.90. The summed E-state index contributed by atoms with van der Waals surface area (Å²) < 4.78 is 10.3. The van der Waals surface area contributed by atoms with Crippen LogP contribution in [0.2, 0.25) is 0 Å². The minimum atomic E-state index is 0.315. The van der Waals surface area contributed by atoms with Gasteiger partial charge in [0.1, 0.15) is 12.1 Å². The molecule has 0 atom stereocenters. The van der Waals surface area contributed by atoms with Crippen molar-refractivity contribution in [3.05, 3.63) is 36.2 Å². The van der Waals surface area contributed by atoms with Crippen molar-refractivity contribution < 1.29 is 9.47 Å². The maximum absolute atomic E-state index is 5.71. The van der Waals surface area contributed by atoms with Crippen molar-refractivity contribution >= 4 is 11.6 Å². The molecule has 1 aromatic heterocycles. The Hall–Kier alpha value is -2.50. The summed E-state index contributed by atoms with van der Waals surface area (Å²) in [5.74, 6) is 2.17. The van der Waals surface area contributed by atoms with Gasteiger partial charge in [-0.25, -0.2) is 9.97 Å². The highest BCUT2D eigenvalue weighted by Gasteiger charge is 2.08. The first-order chi connectivity index (χ1) is 9.24. The Morgan fingerprint density at radius 2 is 1.84 bits per heavy atom. The summed E-state index contributed by atoms with van der Waals surface area (Å²) in [4.78, 5) is 7.98. The smallest absolute Gasteiger partial charge is 0.203 e. The lowest BCUT2D eigenvalue weighted by Gasteiger charge is -2.11. The monoisotopic (exact) mass is 260 g/mol. The third-order valence-corrected chi connectivity index (χ3v) is 2.65. The molecule has 0 bridgehead atoms. The number of aromatic nitrogens is 2. The van der Waals surface area contributed by atoms with Crippen molar-refractivity contribution in [3.63, 3.8) is 0 Å². The van der Waals surface area contributed by atoms with Crippen LogP contribution < -0.4 is 20.5 Å². The van der Waals surface area contributed by atoms with Crippen molar-refractivity contribution in [2.24, 2.45) is 0 Å². The molecule has 100 valence electrons. The van der Waals surface area contributed by atoms with E-state index in [4.69, 9.17) is 15.2 Å². The first-order valence-electron chi connectivity index (χ1n) is 5.76. The minimum absolute atomic E-state index is 0.315. The van der Waals surface area contributed by atoms with Gasteiger partial charge in [0.25, 0.3) is 0 Å². The lowest BCUT2D eigenvalue weighted by molar-refractivity contribution is 0.414. The molecule has 0 unspecified atom stereocenters. The molecule has 1 heterocycles. The average molecular weight is 260 g/mol. The molecular formula is C13H16N4O2. The van der Waals surface area contributed by atoms with Gasteiger partial charge in [0.05, 0.1) is 14.2 Å². The fraction of sp³-hybridized carbons (Fsp3) is 0.231. The Bertz CT molecular complexity index is 543. The van der Waals surface area contributed by atoms with Gasteiger partial charge in [-0.15, -0.1) is 0 Å². The van der Waals surface area contributed by atoms with Gasteiger partial charge in [-0.05, 0) is 17.7 Å². The number of nitrogens with zero attached hydrogens (tertiary/aromatic N) is 2. The first kappa shape index (κ1) is 12.9. The highest BCUT2D eigenvalue weighted by atomic mass is 16.5. The third kappa shape index (κ3) is 3.04. The number of rotatable bonds is 5. The largest absolute Gasteiger partial charge is 0.497 e. The van der Waals surface area contributed by atoms with Gasteiger partial charge in [-0.3, -0.25) is 0 Å². The van der Waals surface area contributed by atoms with Gasteiger partial charge >= 0.3 is 0 Å². The SMILES string of the molecule is COc1ccc(CNc2ncnc(N)c2OC)cc1. The molecule has 0 aliphatic carbocycles. The summed E-state index contributed by atoms with van der Waals surface area (Å²) >= 11 is 0. The standard InChI is InChI=1S/C13H16N4O2/c1-18-10-5-3-9(4-6-10)7-15-13-11(19-2)12(14)16-8-17-13/h3-6,8H,7H2,1-2H3,(H3,14,15,16,17). The number of methoxy groups -OCH3 is 2. The van der Waals surface area contributed by atoms with E-state index in [0.29, 0.717) is 23.9 Å². The van der Waals surface area contributed by atoms with E-state index in [1.54, 1.807) is 7.11 Å². The lowest BCUT2D eigenvalue weighted by atomic mass is 10.2. The Morgan fingerprint density at radius 3 is 2.47 bits per heavy atom. The minimum Gasteiger partial charge on any atom is -0.497 e. The molecule has 0 aliphatic heterocycles. The van der Waals surface area contributed by atoms with E-state index >= 15 is 0 Å².